The van der Waals surface area contributed by atoms with Gasteiger partial charge >= 0.3 is 0 Å². The standard InChI is InChI=1S/C16H31N3/c1-4-10-18-15(12-17)13-19(11-9-14(2)3)16-7-5-6-8-16/h14-16,18H,4-11,13H2,1-3H3. The predicted octanol–water partition coefficient (Wildman–Crippen LogP) is 3.17. The molecule has 0 heterocycles. The lowest BCUT2D eigenvalue weighted by molar-refractivity contribution is 0.178. The normalized spacial score (nSPS) is 18.1. The Morgan fingerprint density at radius 3 is 2.53 bits per heavy atom. The second kappa shape index (κ2) is 9.34. The first kappa shape index (κ1) is 16.5. The van der Waals surface area contributed by atoms with E-state index in [2.05, 4.69) is 37.1 Å². The Balaban J connectivity index is 2.48. The molecular formula is C16H31N3. The van der Waals surface area contributed by atoms with Gasteiger partial charge in [-0.25, -0.2) is 0 Å². The zero-order valence-corrected chi connectivity index (χ0v) is 13.0. The van der Waals surface area contributed by atoms with Crippen molar-refractivity contribution < 1.29 is 0 Å². The molecule has 0 aliphatic heterocycles. The number of nitrogens with zero attached hydrogens (tertiary/aromatic N) is 2. The first-order valence-corrected chi connectivity index (χ1v) is 8.04. The highest BCUT2D eigenvalue weighted by molar-refractivity contribution is 4.93. The highest BCUT2D eigenvalue weighted by atomic mass is 15.2. The molecule has 0 spiro atoms. The van der Waals surface area contributed by atoms with Gasteiger partial charge in [0.15, 0.2) is 0 Å². The highest BCUT2D eigenvalue weighted by Gasteiger charge is 2.24. The summed E-state index contributed by atoms with van der Waals surface area (Å²) in [4.78, 5) is 2.57. The number of rotatable bonds is 9. The lowest BCUT2D eigenvalue weighted by Crippen LogP contribution is -2.45. The van der Waals surface area contributed by atoms with Crippen molar-refractivity contribution in [3.63, 3.8) is 0 Å². The van der Waals surface area contributed by atoms with Gasteiger partial charge in [-0.2, -0.15) is 5.26 Å². The van der Waals surface area contributed by atoms with Crippen molar-refractivity contribution in [2.75, 3.05) is 19.6 Å². The third kappa shape index (κ3) is 6.40. The van der Waals surface area contributed by atoms with E-state index in [0.717, 1.165) is 38.0 Å². The van der Waals surface area contributed by atoms with Gasteiger partial charge in [0.25, 0.3) is 0 Å². The van der Waals surface area contributed by atoms with Gasteiger partial charge in [-0.05, 0) is 44.7 Å². The van der Waals surface area contributed by atoms with Crippen molar-refractivity contribution in [2.24, 2.45) is 5.92 Å². The Hall–Kier alpha value is -0.590. The summed E-state index contributed by atoms with van der Waals surface area (Å²) in [5.74, 6) is 0.744. The van der Waals surface area contributed by atoms with Gasteiger partial charge in [0, 0.05) is 12.6 Å². The van der Waals surface area contributed by atoms with Crippen molar-refractivity contribution >= 4 is 0 Å². The number of nitriles is 1. The first-order chi connectivity index (χ1) is 9.17. The van der Waals surface area contributed by atoms with Crippen molar-refractivity contribution in [1.82, 2.24) is 10.2 Å². The molecular weight excluding hydrogens is 234 g/mol. The molecule has 3 heteroatoms. The van der Waals surface area contributed by atoms with Gasteiger partial charge < -0.3 is 5.32 Å². The second-order valence-electron chi connectivity index (χ2n) is 6.25. The molecule has 3 nitrogen and oxygen atoms in total. The van der Waals surface area contributed by atoms with E-state index in [1.165, 1.54) is 32.1 Å². The Labute approximate surface area is 119 Å². The van der Waals surface area contributed by atoms with E-state index in [9.17, 15) is 5.26 Å². The van der Waals surface area contributed by atoms with Crippen LogP contribution in [-0.2, 0) is 0 Å². The fourth-order valence-electron chi connectivity index (χ4n) is 2.82. The molecule has 0 radical (unpaired) electrons. The van der Waals surface area contributed by atoms with Crippen LogP contribution in [0.2, 0.25) is 0 Å². The van der Waals surface area contributed by atoms with Gasteiger partial charge in [-0.15, -0.1) is 0 Å². The largest absolute Gasteiger partial charge is 0.301 e. The molecule has 0 aromatic heterocycles. The van der Waals surface area contributed by atoms with Gasteiger partial charge in [-0.1, -0.05) is 33.6 Å². The fourth-order valence-corrected chi connectivity index (χ4v) is 2.82. The molecule has 0 saturated heterocycles. The average molecular weight is 265 g/mol. The lowest BCUT2D eigenvalue weighted by atomic mass is 10.1. The van der Waals surface area contributed by atoms with Crippen LogP contribution < -0.4 is 5.32 Å². The summed E-state index contributed by atoms with van der Waals surface area (Å²) < 4.78 is 0. The molecule has 1 aliphatic carbocycles. The molecule has 1 N–H and O–H groups in total. The summed E-state index contributed by atoms with van der Waals surface area (Å²) in [6.07, 6.45) is 7.70. The summed E-state index contributed by atoms with van der Waals surface area (Å²) in [6.45, 7) is 9.70. The van der Waals surface area contributed by atoms with Crippen LogP contribution in [0.4, 0.5) is 0 Å². The fraction of sp³-hybridized carbons (Fsp3) is 0.938. The van der Waals surface area contributed by atoms with E-state index in [4.69, 9.17) is 0 Å². The van der Waals surface area contributed by atoms with Crippen LogP contribution in [0.25, 0.3) is 0 Å². The van der Waals surface area contributed by atoms with Gasteiger partial charge in [0.05, 0.1) is 6.07 Å². The van der Waals surface area contributed by atoms with E-state index in [1.54, 1.807) is 0 Å². The predicted molar refractivity (Wildman–Crippen MR) is 81.0 cm³/mol. The summed E-state index contributed by atoms with van der Waals surface area (Å²) in [5, 5.41) is 12.6. The Morgan fingerprint density at radius 1 is 1.32 bits per heavy atom. The quantitative estimate of drug-likeness (QED) is 0.696. The number of hydrogen-bond acceptors (Lipinski definition) is 3. The third-order valence-corrected chi connectivity index (χ3v) is 4.05. The minimum atomic E-state index is -0.00675. The van der Waals surface area contributed by atoms with Crippen molar-refractivity contribution in [2.45, 2.75) is 71.4 Å². The van der Waals surface area contributed by atoms with Crippen LogP contribution in [0, 0.1) is 17.2 Å². The van der Waals surface area contributed by atoms with Gasteiger partial charge in [0.1, 0.15) is 6.04 Å². The van der Waals surface area contributed by atoms with Crippen molar-refractivity contribution in [3.05, 3.63) is 0 Å². The molecule has 110 valence electrons. The zero-order chi connectivity index (χ0) is 14.1. The molecule has 1 fully saturated rings. The Bertz CT molecular complexity index is 264. The topological polar surface area (TPSA) is 39.1 Å². The smallest absolute Gasteiger partial charge is 0.108 e. The molecule has 1 aliphatic rings. The molecule has 0 aromatic rings. The molecule has 19 heavy (non-hydrogen) atoms. The van der Waals surface area contributed by atoms with Crippen LogP contribution in [0.5, 0.6) is 0 Å². The van der Waals surface area contributed by atoms with Crippen LogP contribution in [0.15, 0.2) is 0 Å². The number of hydrogen-bond donors (Lipinski definition) is 1. The van der Waals surface area contributed by atoms with E-state index in [1.807, 2.05) is 0 Å². The number of nitrogens with one attached hydrogen (secondary N) is 1. The molecule has 1 unspecified atom stereocenters. The van der Waals surface area contributed by atoms with E-state index < -0.39 is 0 Å². The zero-order valence-electron chi connectivity index (χ0n) is 13.0. The minimum absolute atomic E-state index is 0.00675. The minimum Gasteiger partial charge on any atom is -0.301 e. The SMILES string of the molecule is CCCNC(C#N)CN(CCC(C)C)C1CCCC1. The summed E-state index contributed by atoms with van der Waals surface area (Å²) in [7, 11) is 0. The highest BCUT2D eigenvalue weighted by Crippen LogP contribution is 2.24. The maximum Gasteiger partial charge on any atom is 0.108 e. The van der Waals surface area contributed by atoms with Crippen LogP contribution in [-0.4, -0.2) is 36.6 Å². The molecule has 0 amide bonds. The lowest BCUT2D eigenvalue weighted by Gasteiger charge is -2.31. The summed E-state index contributed by atoms with van der Waals surface area (Å²) in [6, 6.07) is 3.14. The van der Waals surface area contributed by atoms with E-state index in [0.29, 0.717) is 0 Å². The monoisotopic (exact) mass is 265 g/mol. The van der Waals surface area contributed by atoms with Crippen molar-refractivity contribution in [3.8, 4) is 6.07 Å². The maximum atomic E-state index is 9.28. The molecule has 1 rings (SSSR count). The average Bonchev–Trinajstić information content (AvgIpc) is 2.91. The van der Waals surface area contributed by atoms with E-state index in [-0.39, 0.29) is 6.04 Å². The summed E-state index contributed by atoms with van der Waals surface area (Å²) >= 11 is 0. The first-order valence-electron chi connectivity index (χ1n) is 8.04. The van der Waals surface area contributed by atoms with Crippen LogP contribution in [0.3, 0.4) is 0 Å². The second-order valence-corrected chi connectivity index (χ2v) is 6.25. The van der Waals surface area contributed by atoms with Crippen LogP contribution >= 0.6 is 0 Å². The van der Waals surface area contributed by atoms with Crippen molar-refractivity contribution in [1.29, 1.82) is 5.26 Å². The maximum absolute atomic E-state index is 9.28. The Kier molecular flexibility index (Phi) is 8.09. The van der Waals surface area contributed by atoms with E-state index >= 15 is 0 Å². The van der Waals surface area contributed by atoms with Gasteiger partial charge in [-0.3, -0.25) is 4.90 Å². The molecule has 0 aromatic carbocycles. The molecule has 1 saturated carbocycles. The summed E-state index contributed by atoms with van der Waals surface area (Å²) in [5.41, 5.74) is 0. The van der Waals surface area contributed by atoms with Crippen LogP contribution in [0.1, 0.15) is 59.3 Å². The molecule has 0 bridgehead atoms. The van der Waals surface area contributed by atoms with Gasteiger partial charge in [0.2, 0.25) is 0 Å². The third-order valence-electron chi connectivity index (χ3n) is 4.05. The Morgan fingerprint density at radius 2 is 2.00 bits per heavy atom. The molecule has 1 atom stereocenters.